The van der Waals surface area contributed by atoms with E-state index in [1.165, 1.54) is 32.1 Å². The molecule has 1 fully saturated rings. The number of aromatic nitrogens is 1. The van der Waals surface area contributed by atoms with Gasteiger partial charge in [0.05, 0.1) is 12.8 Å². The second-order valence-corrected chi connectivity index (χ2v) is 9.26. The van der Waals surface area contributed by atoms with Crippen LogP contribution in [0, 0.1) is 6.92 Å². The number of fused-ring (bicyclic) bond motifs is 1. The van der Waals surface area contributed by atoms with Crippen molar-refractivity contribution in [3.05, 3.63) is 65.4 Å². The third kappa shape index (κ3) is 6.71. The van der Waals surface area contributed by atoms with Crippen LogP contribution in [0.25, 0.3) is 10.9 Å². The molecule has 3 aromatic rings. The van der Waals surface area contributed by atoms with E-state index in [0.717, 1.165) is 46.5 Å². The Kier molecular flexibility index (Phi) is 8.92. The lowest BCUT2D eigenvalue weighted by Gasteiger charge is -2.11. The smallest absolute Gasteiger partial charge is 0.258 e. The Balaban J connectivity index is 1.21. The van der Waals surface area contributed by atoms with Crippen LogP contribution in [0.1, 0.15) is 74.7 Å². The third-order valence-electron chi connectivity index (χ3n) is 6.58. The summed E-state index contributed by atoms with van der Waals surface area (Å²) in [5, 5.41) is 5.29. The van der Waals surface area contributed by atoms with Crippen LogP contribution in [-0.2, 0) is 4.79 Å². The fraction of sp³-hybridized carbons (Fsp3) is 0.429. The SMILES string of the molecule is CCCCCCCCOc1ccc(C2CC(C(=O)N/N=C/c3c(C)[nH]c4ccccc34)NN2)cc1. The van der Waals surface area contributed by atoms with Crippen molar-refractivity contribution >= 4 is 23.0 Å². The number of hydrogen-bond donors (Lipinski definition) is 4. The number of carbonyl (C=O) groups excluding carboxylic acids is 1. The number of nitrogens with zero attached hydrogens (tertiary/aromatic N) is 1. The summed E-state index contributed by atoms with van der Waals surface area (Å²) >= 11 is 0. The summed E-state index contributed by atoms with van der Waals surface area (Å²) in [4.78, 5) is 16.0. The highest BCUT2D eigenvalue weighted by atomic mass is 16.5. The van der Waals surface area contributed by atoms with E-state index >= 15 is 0 Å². The molecule has 1 aromatic heterocycles. The van der Waals surface area contributed by atoms with E-state index in [-0.39, 0.29) is 18.0 Å². The van der Waals surface area contributed by atoms with Crippen molar-refractivity contribution in [2.24, 2.45) is 5.10 Å². The molecular formula is C28H37N5O2. The molecule has 0 spiro atoms. The molecule has 35 heavy (non-hydrogen) atoms. The first-order valence-electron chi connectivity index (χ1n) is 12.8. The van der Waals surface area contributed by atoms with Crippen LogP contribution in [0.4, 0.5) is 0 Å². The molecule has 2 atom stereocenters. The fourth-order valence-corrected chi connectivity index (χ4v) is 4.52. The number of aromatic amines is 1. The molecule has 7 nitrogen and oxygen atoms in total. The maximum atomic E-state index is 12.6. The Hall–Kier alpha value is -3.16. The molecule has 0 saturated carbocycles. The molecule has 1 aliphatic heterocycles. The molecule has 1 aliphatic rings. The van der Waals surface area contributed by atoms with Gasteiger partial charge in [0.25, 0.3) is 5.91 Å². The number of carbonyl (C=O) groups is 1. The fourth-order valence-electron chi connectivity index (χ4n) is 4.52. The number of benzene rings is 2. The van der Waals surface area contributed by atoms with E-state index in [2.05, 4.69) is 45.4 Å². The van der Waals surface area contributed by atoms with Crippen LogP contribution in [0.2, 0.25) is 0 Å². The number of nitrogens with one attached hydrogen (secondary N) is 4. The van der Waals surface area contributed by atoms with Gasteiger partial charge in [0.2, 0.25) is 0 Å². The minimum absolute atomic E-state index is 0.0539. The molecule has 0 bridgehead atoms. The lowest BCUT2D eigenvalue weighted by molar-refractivity contribution is -0.122. The van der Waals surface area contributed by atoms with Gasteiger partial charge < -0.3 is 9.72 Å². The number of para-hydroxylation sites is 1. The van der Waals surface area contributed by atoms with Crippen molar-refractivity contribution in [3.63, 3.8) is 0 Å². The van der Waals surface area contributed by atoms with Crippen molar-refractivity contribution in [3.8, 4) is 5.75 Å². The zero-order valence-electron chi connectivity index (χ0n) is 20.8. The number of aryl methyl sites for hydroxylation is 1. The summed E-state index contributed by atoms with van der Waals surface area (Å²) in [6.45, 7) is 5.00. The zero-order chi connectivity index (χ0) is 24.5. The van der Waals surface area contributed by atoms with Crippen molar-refractivity contribution in [1.29, 1.82) is 0 Å². The summed E-state index contributed by atoms with van der Waals surface area (Å²) in [6, 6.07) is 15.9. The summed E-state index contributed by atoms with van der Waals surface area (Å²) in [5.74, 6) is 0.733. The van der Waals surface area contributed by atoms with Gasteiger partial charge in [-0.3, -0.25) is 4.79 Å². The van der Waals surface area contributed by atoms with Crippen molar-refractivity contribution in [2.75, 3.05) is 6.61 Å². The maximum absolute atomic E-state index is 12.6. The average Bonchev–Trinajstić information content (AvgIpc) is 3.49. The topological polar surface area (TPSA) is 90.5 Å². The number of ether oxygens (including phenoxy) is 1. The van der Waals surface area contributed by atoms with Gasteiger partial charge in [-0.15, -0.1) is 0 Å². The number of hydrogen-bond acceptors (Lipinski definition) is 5. The molecule has 4 N–H and O–H groups in total. The van der Waals surface area contributed by atoms with Crippen LogP contribution < -0.4 is 21.0 Å². The predicted octanol–water partition coefficient (Wildman–Crippen LogP) is 5.27. The quantitative estimate of drug-likeness (QED) is 0.163. The molecule has 2 aromatic carbocycles. The minimum atomic E-state index is -0.357. The first kappa shape index (κ1) is 24.9. The molecule has 2 heterocycles. The van der Waals surface area contributed by atoms with Gasteiger partial charge in [0, 0.05) is 28.2 Å². The second kappa shape index (κ2) is 12.5. The van der Waals surface area contributed by atoms with E-state index in [4.69, 9.17) is 4.74 Å². The maximum Gasteiger partial charge on any atom is 0.258 e. The highest BCUT2D eigenvalue weighted by molar-refractivity contribution is 6.00. The Morgan fingerprint density at radius 2 is 1.83 bits per heavy atom. The number of hydrazine groups is 1. The Morgan fingerprint density at radius 1 is 1.06 bits per heavy atom. The average molecular weight is 476 g/mol. The van der Waals surface area contributed by atoms with Gasteiger partial charge in [-0.25, -0.2) is 16.3 Å². The van der Waals surface area contributed by atoms with Crippen LogP contribution in [0.3, 0.4) is 0 Å². The van der Waals surface area contributed by atoms with Gasteiger partial charge >= 0.3 is 0 Å². The standard InChI is InChI=1S/C28H37N5O2/c1-3-4-5-6-7-10-17-35-22-15-13-21(14-16-22)26-18-27(32-31-26)28(34)33-29-19-24-20(2)30-25-12-9-8-11-23(24)25/h8-9,11-16,19,26-27,30-32H,3-7,10,17-18H2,1-2H3,(H,33,34)/b29-19+. The van der Waals surface area contributed by atoms with E-state index in [1.807, 2.05) is 43.3 Å². The Labute approximate surface area is 207 Å². The van der Waals surface area contributed by atoms with Crippen molar-refractivity contribution in [1.82, 2.24) is 21.3 Å². The molecule has 7 heteroatoms. The molecule has 186 valence electrons. The highest BCUT2D eigenvalue weighted by Crippen LogP contribution is 2.25. The summed E-state index contributed by atoms with van der Waals surface area (Å²) in [5.41, 5.74) is 13.2. The van der Waals surface area contributed by atoms with E-state index in [9.17, 15) is 4.79 Å². The first-order valence-corrected chi connectivity index (χ1v) is 12.8. The summed E-state index contributed by atoms with van der Waals surface area (Å²) < 4.78 is 5.88. The highest BCUT2D eigenvalue weighted by Gasteiger charge is 2.30. The number of rotatable bonds is 12. The lowest BCUT2D eigenvalue weighted by Crippen LogP contribution is -2.41. The van der Waals surface area contributed by atoms with E-state index < -0.39 is 0 Å². The van der Waals surface area contributed by atoms with Gasteiger partial charge in [0.15, 0.2) is 0 Å². The number of unbranched alkanes of at least 4 members (excludes halogenated alkanes) is 5. The summed E-state index contributed by atoms with van der Waals surface area (Å²) in [6.07, 6.45) is 9.89. The largest absolute Gasteiger partial charge is 0.494 e. The van der Waals surface area contributed by atoms with Crippen LogP contribution in [0.5, 0.6) is 5.75 Å². The number of amides is 1. The monoisotopic (exact) mass is 475 g/mol. The molecule has 0 aliphatic carbocycles. The minimum Gasteiger partial charge on any atom is -0.494 e. The van der Waals surface area contributed by atoms with Crippen LogP contribution in [-0.4, -0.2) is 29.8 Å². The van der Waals surface area contributed by atoms with Gasteiger partial charge in [-0.2, -0.15) is 5.10 Å². The second-order valence-electron chi connectivity index (χ2n) is 9.26. The first-order chi connectivity index (χ1) is 17.2. The predicted molar refractivity (Wildman–Crippen MR) is 142 cm³/mol. The molecular weight excluding hydrogens is 438 g/mol. The number of hydrazone groups is 1. The molecule has 2 unspecified atom stereocenters. The lowest BCUT2D eigenvalue weighted by atomic mass is 10.0. The Bertz CT molecular complexity index is 1120. The third-order valence-corrected chi connectivity index (χ3v) is 6.58. The van der Waals surface area contributed by atoms with Gasteiger partial charge in [-0.1, -0.05) is 69.4 Å². The van der Waals surface area contributed by atoms with Crippen molar-refractivity contribution in [2.45, 2.75) is 70.9 Å². The van der Waals surface area contributed by atoms with Crippen LogP contribution in [0.15, 0.2) is 53.6 Å². The van der Waals surface area contributed by atoms with Gasteiger partial charge in [0.1, 0.15) is 11.8 Å². The zero-order valence-corrected chi connectivity index (χ0v) is 20.8. The number of H-pyrrole nitrogens is 1. The van der Waals surface area contributed by atoms with E-state index in [1.54, 1.807) is 6.21 Å². The van der Waals surface area contributed by atoms with Crippen LogP contribution >= 0.6 is 0 Å². The van der Waals surface area contributed by atoms with Crippen molar-refractivity contribution < 1.29 is 9.53 Å². The van der Waals surface area contributed by atoms with Gasteiger partial charge in [-0.05, 0) is 43.5 Å². The summed E-state index contributed by atoms with van der Waals surface area (Å²) in [7, 11) is 0. The van der Waals surface area contributed by atoms with E-state index in [0.29, 0.717) is 6.42 Å². The normalized spacial score (nSPS) is 17.9. The molecule has 4 rings (SSSR count). The molecule has 0 radical (unpaired) electrons. The molecule has 1 saturated heterocycles. The Morgan fingerprint density at radius 3 is 2.66 bits per heavy atom. The molecule has 1 amide bonds.